The Balaban J connectivity index is 2.05. The van der Waals surface area contributed by atoms with Crippen LogP contribution in [0.3, 0.4) is 0 Å². The Labute approximate surface area is 131 Å². The minimum atomic E-state index is -0.550. The highest BCUT2D eigenvalue weighted by atomic mass is 16.6. The van der Waals surface area contributed by atoms with Crippen molar-refractivity contribution in [1.82, 2.24) is 4.90 Å². The molecule has 2 amide bonds. The molecule has 0 aliphatic carbocycles. The molecule has 1 aromatic carbocycles. The number of ether oxygens (including phenoxy) is 1. The number of allylic oxidation sites excluding steroid dienone is 1. The van der Waals surface area contributed by atoms with Gasteiger partial charge in [-0.05, 0) is 24.3 Å². The molecule has 0 radical (unpaired) electrons. The van der Waals surface area contributed by atoms with Crippen LogP contribution in [0.15, 0.2) is 42.5 Å². The van der Waals surface area contributed by atoms with Crippen molar-refractivity contribution < 1.29 is 14.3 Å². The zero-order valence-electron chi connectivity index (χ0n) is 13.2. The molecule has 1 aliphatic heterocycles. The Morgan fingerprint density at radius 3 is 2.73 bits per heavy atom. The first-order valence-electron chi connectivity index (χ1n) is 7.77. The third-order valence-corrected chi connectivity index (χ3v) is 3.60. The van der Waals surface area contributed by atoms with Crippen LogP contribution in [0, 0.1) is 5.92 Å². The smallest absolute Gasteiger partial charge is 0.417 e. The summed E-state index contributed by atoms with van der Waals surface area (Å²) in [6.45, 7) is 4.34. The number of nitrogens with zero attached hydrogens (tertiary/aromatic N) is 1. The molecule has 4 nitrogen and oxygen atoms in total. The lowest BCUT2D eigenvalue weighted by Crippen LogP contribution is -2.44. The van der Waals surface area contributed by atoms with Crippen molar-refractivity contribution in [2.75, 3.05) is 0 Å². The van der Waals surface area contributed by atoms with E-state index in [1.807, 2.05) is 42.5 Å². The fourth-order valence-electron chi connectivity index (χ4n) is 2.54. The third kappa shape index (κ3) is 4.45. The molecule has 1 aliphatic rings. The fraction of sp³-hybridized carbons (Fsp3) is 0.444. The van der Waals surface area contributed by atoms with Crippen LogP contribution >= 0.6 is 0 Å². The van der Waals surface area contributed by atoms with Gasteiger partial charge in [-0.3, -0.25) is 4.79 Å². The first kappa shape index (κ1) is 16.3. The number of hydrogen-bond donors (Lipinski definition) is 0. The number of carbonyl (C=O) groups is 2. The number of hydrogen-bond acceptors (Lipinski definition) is 3. The van der Waals surface area contributed by atoms with Crippen molar-refractivity contribution in [2.45, 2.75) is 45.8 Å². The minimum absolute atomic E-state index is 0.159. The highest BCUT2D eigenvalue weighted by molar-refractivity contribution is 5.93. The molecule has 0 saturated carbocycles. The second-order valence-electron chi connectivity index (χ2n) is 5.97. The van der Waals surface area contributed by atoms with E-state index in [1.54, 1.807) is 0 Å². The van der Waals surface area contributed by atoms with Crippen molar-refractivity contribution in [3.8, 4) is 0 Å². The molecule has 22 heavy (non-hydrogen) atoms. The molecule has 0 bridgehead atoms. The molecular weight excluding hydrogens is 278 g/mol. The monoisotopic (exact) mass is 301 g/mol. The number of imide groups is 1. The molecule has 2 rings (SSSR count). The Kier molecular flexibility index (Phi) is 5.75. The zero-order valence-corrected chi connectivity index (χ0v) is 13.2. The molecule has 0 saturated heterocycles. The largest absolute Gasteiger partial charge is 0.444 e. The SMILES string of the molecule is CC(C)CC1C=CCCC(=O)N1C(=O)OCc1ccccc1. The molecule has 1 atom stereocenters. The van der Waals surface area contributed by atoms with Crippen LogP contribution in [0.5, 0.6) is 0 Å². The minimum Gasteiger partial charge on any atom is -0.444 e. The van der Waals surface area contributed by atoms with Crippen molar-refractivity contribution in [3.05, 3.63) is 48.0 Å². The summed E-state index contributed by atoms with van der Waals surface area (Å²) in [5.41, 5.74) is 0.911. The number of benzene rings is 1. The van der Waals surface area contributed by atoms with Gasteiger partial charge < -0.3 is 4.74 Å². The standard InChI is InChI=1S/C18H23NO3/c1-14(2)12-16-10-6-7-11-17(20)19(16)18(21)22-13-15-8-4-3-5-9-15/h3-6,8-10,14,16H,7,11-13H2,1-2H3. The summed E-state index contributed by atoms with van der Waals surface area (Å²) in [6.07, 6.45) is 5.17. The summed E-state index contributed by atoms with van der Waals surface area (Å²) < 4.78 is 5.34. The first-order valence-corrected chi connectivity index (χ1v) is 7.77. The van der Waals surface area contributed by atoms with Gasteiger partial charge in [0.1, 0.15) is 6.61 Å². The van der Waals surface area contributed by atoms with E-state index >= 15 is 0 Å². The third-order valence-electron chi connectivity index (χ3n) is 3.60. The quantitative estimate of drug-likeness (QED) is 0.792. The van der Waals surface area contributed by atoms with Crippen molar-refractivity contribution in [2.24, 2.45) is 5.92 Å². The van der Waals surface area contributed by atoms with E-state index in [1.165, 1.54) is 4.90 Å². The molecule has 1 aromatic rings. The maximum absolute atomic E-state index is 12.4. The Bertz CT molecular complexity index is 537. The van der Waals surface area contributed by atoms with E-state index < -0.39 is 6.09 Å². The number of rotatable bonds is 4. The topological polar surface area (TPSA) is 46.6 Å². The van der Waals surface area contributed by atoms with Gasteiger partial charge in [0.2, 0.25) is 5.91 Å². The fourth-order valence-corrected chi connectivity index (χ4v) is 2.54. The molecular formula is C18H23NO3. The molecule has 118 valence electrons. The van der Waals surface area contributed by atoms with Crippen LogP contribution < -0.4 is 0 Å². The maximum atomic E-state index is 12.4. The first-order chi connectivity index (χ1) is 10.6. The van der Waals surface area contributed by atoms with Crippen molar-refractivity contribution >= 4 is 12.0 Å². The molecule has 1 heterocycles. The predicted octanol–water partition coefficient (Wildman–Crippen LogP) is 3.92. The second kappa shape index (κ2) is 7.78. The van der Waals surface area contributed by atoms with Gasteiger partial charge in [0.05, 0.1) is 6.04 Å². The van der Waals surface area contributed by atoms with E-state index in [-0.39, 0.29) is 18.6 Å². The summed E-state index contributed by atoms with van der Waals surface area (Å²) in [6, 6.07) is 9.27. The lowest BCUT2D eigenvalue weighted by molar-refractivity contribution is -0.130. The Morgan fingerprint density at radius 1 is 1.32 bits per heavy atom. The lowest BCUT2D eigenvalue weighted by Gasteiger charge is -2.27. The summed E-state index contributed by atoms with van der Waals surface area (Å²) >= 11 is 0. The summed E-state index contributed by atoms with van der Waals surface area (Å²) in [5.74, 6) is 0.235. The predicted molar refractivity (Wildman–Crippen MR) is 85.1 cm³/mol. The van der Waals surface area contributed by atoms with Gasteiger partial charge in [0.25, 0.3) is 0 Å². The second-order valence-corrected chi connectivity index (χ2v) is 5.97. The van der Waals surface area contributed by atoms with Crippen LogP contribution in [0.25, 0.3) is 0 Å². The average Bonchev–Trinajstić information content (AvgIpc) is 2.67. The normalized spacial score (nSPS) is 18.4. The Hall–Kier alpha value is -2.10. The Morgan fingerprint density at radius 2 is 2.05 bits per heavy atom. The molecule has 4 heteroatoms. The van der Waals surface area contributed by atoms with Crippen LogP contribution in [0.1, 0.15) is 38.7 Å². The van der Waals surface area contributed by atoms with E-state index in [9.17, 15) is 9.59 Å². The average molecular weight is 301 g/mol. The van der Waals surface area contributed by atoms with Gasteiger partial charge in [-0.15, -0.1) is 0 Å². The van der Waals surface area contributed by atoms with Gasteiger partial charge in [0, 0.05) is 6.42 Å². The highest BCUT2D eigenvalue weighted by Crippen LogP contribution is 2.20. The molecule has 0 N–H and O–H groups in total. The van der Waals surface area contributed by atoms with Crippen molar-refractivity contribution in [3.63, 3.8) is 0 Å². The zero-order chi connectivity index (χ0) is 15.9. The van der Waals surface area contributed by atoms with E-state index in [0.29, 0.717) is 18.8 Å². The van der Waals surface area contributed by atoms with Crippen LogP contribution in [0.4, 0.5) is 4.79 Å². The van der Waals surface area contributed by atoms with Gasteiger partial charge in [-0.1, -0.05) is 56.3 Å². The summed E-state index contributed by atoms with van der Waals surface area (Å²) in [5, 5.41) is 0. The molecule has 0 spiro atoms. The van der Waals surface area contributed by atoms with Crippen LogP contribution in [-0.4, -0.2) is 22.9 Å². The number of amides is 2. The van der Waals surface area contributed by atoms with Crippen molar-refractivity contribution in [1.29, 1.82) is 0 Å². The summed E-state index contributed by atoms with van der Waals surface area (Å²) in [4.78, 5) is 25.9. The van der Waals surface area contributed by atoms with E-state index in [2.05, 4.69) is 13.8 Å². The van der Waals surface area contributed by atoms with Crippen LogP contribution in [0.2, 0.25) is 0 Å². The molecule has 0 aromatic heterocycles. The lowest BCUT2D eigenvalue weighted by atomic mass is 10.0. The van der Waals surface area contributed by atoms with Gasteiger partial charge >= 0.3 is 6.09 Å². The number of carbonyl (C=O) groups excluding carboxylic acids is 2. The van der Waals surface area contributed by atoms with E-state index in [4.69, 9.17) is 4.74 Å². The van der Waals surface area contributed by atoms with Crippen LogP contribution in [-0.2, 0) is 16.1 Å². The van der Waals surface area contributed by atoms with Gasteiger partial charge in [-0.2, -0.15) is 0 Å². The maximum Gasteiger partial charge on any atom is 0.417 e. The van der Waals surface area contributed by atoms with E-state index in [0.717, 1.165) is 12.0 Å². The molecule has 1 unspecified atom stereocenters. The molecule has 0 fully saturated rings. The van der Waals surface area contributed by atoms with Gasteiger partial charge in [-0.25, -0.2) is 9.69 Å². The highest BCUT2D eigenvalue weighted by Gasteiger charge is 2.31. The van der Waals surface area contributed by atoms with Gasteiger partial charge in [0.15, 0.2) is 0 Å². The summed E-state index contributed by atoms with van der Waals surface area (Å²) in [7, 11) is 0.